The van der Waals surface area contributed by atoms with E-state index >= 15 is 0 Å². The fourth-order valence-corrected chi connectivity index (χ4v) is 2.27. The van der Waals surface area contributed by atoms with Gasteiger partial charge in [-0.25, -0.2) is 0 Å². The van der Waals surface area contributed by atoms with Crippen molar-refractivity contribution in [3.05, 3.63) is 12.2 Å². The van der Waals surface area contributed by atoms with Crippen LogP contribution in [0.3, 0.4) is 0 Å². The van der Waals surface area contributed by atoms with Crippen LogP contribution >= 0.6 is 0 Å². The molecule has 0 aliphatic carbocycles. The fourth-order valence-electron chi connectivity index (χ4n) is 2.27. The van der Waals surface area contributed by atoms with Crippen molar-refractivity contribution in [2.45, 2.75) is 32.7 Å². The lowest BCUT2D eigenvalue weighted by Crippen LogP contribution is -2.45. The summed E-state index contributed by atoms with van der Waals surface area (Å²) in [5.41, 5.74) is 0.932. The highest BCUT2D eigenvalue weighted by Crippen LogP contribution is 2.17. The smallest absolute Gasteiger partial charge is 0.320 e. The monoisotopic (exact) mass is 254 g/mol. The van der Waals surface area contributed by atoms with Gasteiger partial charge >= 0.3 is 5.97 Å². The third-order valence-electron chi connectivity index (χ3n) is 3.18. The minimum Gasteiger partial charge on any atom is -0.480 e. The van der Waals surface area contributed by atoms with Crippen LogP contribution in [-0.4, -0.2) is 59.0 Å². The molecule has 0 spiro atoms. The first-order valence-corrected chi connectivity index (χ1v) is 6.34. The third-order valence-corrected chi connectivity index (χ3v) is 3.18. The van der Waals surface area contributed by atoms with E-state index in [2.05, 4.69) is 6.58 Å². The second kappa shape index (κ2) is 6.54. The maximum atomic E-state index is 12.1. The first-order valence-electron chi connectivity index (χ1n) is 6.34. The zero-order chi connectivity index (χ0) is 13.7. The van der Waals surface area contributed by atoms with E-state index in [1.807, 2.05) is 13.8 Å². The summed E-state index contributed by atoms with van der Waals surface area (Å²) in [6.45, 7) is 9.64. The van der Waals surface area contributed by atoms with E-state index in [0.29, 0.717) is 26.1 Å². The Kier molecular flexibility index (Phi) is 5.34. The molecule has 0 aromatic heterocycles. The molecule has 0 aromatic carbocycles. The predicted molar refractivity (Wildman–Crippen MR) is 69.3 cm³/mol. The van der Waals surface area contributed by atoms with Crippen molar-refractivity contribution in [2.24, 2.45) is 0 Å². The number of carbonyl (C=O) groups excluding carboxylic acids is 1. The van der Waals surface area contributed by atoms with Crippen LogP contribution in [0.4, 0.5) is 0 Å². The Labute approximate surface area is 108 Å². The molecule has 1 saturated heterocycles. The van der Waals surface area contributed by atoms with Gasteiger partial charge in [-0.15, -0.1) is 0 Å². The number of hydrogen-bond donors (Lipinski definition) is 1. The number of likely N-dealkylation sites (N-methyl/N-ethyl adjacent to an activating group) is 1. The average Bonchev–Trinajstić information content (AvgIpc) is 2.73. The summed E-state index contributed by atoms with van der Waals surface area (Å²) < 4.78 is 0. The molecule has 5 heteroatoms. The van der Waals surface area contributed by atoms with Gasteiger partial charge < -0.3 is 10.0 Å². The van der Waals surface area contributed by atoms with Crippen molar-refractivity contribution in [1.29, 1.82) is 0 Å². The topological polar surface area (TPSA) is 60.9 Å². The van der Waals surface area contributed by atoms with Crippen molar-refractivity contribution < 1.29 is 14.7 Å². The van der Waals surface area contributed by atoms with E-state index in [1.54, 1.807) is 9.80 Å². The quantitative estimate of drug-likeness (QED) is 0.717. The minimum atomic E-state index is -0.830. The molecule has 0 radical (unpaired) electrons. The Bertz CT molecular complexity index is 341. The summed E-state index contributed by atoms with van der Waals surface area (Å²) in [5.74, 6) is -0.850. The van der Waals surface area contributed by atoms with E-state index in [-0.39, 0.29) is 12.5 Å². The largest absolute Gasteiger partial charge is 0.480 e. The molecule has 0 saturated carbocycles. The Morgan fingerprint density at radius 2 is 2.17 bits per heavy atom. The standard InChI is InChI=1S/C13H22N2O3/c1-4-14(8-10(2)3)12(16)9-15-7-5-6-11(15)13(17)18/h11H,2,4-9H2,1,3H3,(H,17,18). The van der Waals surface area contributed by atoms with Crippen molar-refractivity contribution in [1.82, 2.24) is 9.80 Å². The number of likely N-dealkylation sites (tertiary alicyclic amines) is 1. The lowest BCUT2D eigenvalue weighted by atomic mass is 10.2. The molecule has 0 aromatic rings. The van der Waals surface area contributed by atoms with Crippen molar-refractivity contribution in [3.8, 4) is 0 Å². The SMILES string of the molecule is C=C(C)CN(CC)C(=O)CN1CCCC1C(=O)O. The van der Waals surface area contributed by atoms with Gasteiger partial charge in [0.25, 0.3) is 0 Å². The van der Waals surface area contributed by atoms with E-state index < -0.39 is 12.0 Å². The maximum absolute atomic E-state index is 12.1. The number of aliphatic carboxylic acids is 1. The van der Waals surface area contributed by atoms with Gasteiger partial charge in [0.05, 0.1) is 6.54 Å². The first kappa shape index (κ1) is 14.7. The van der Waals surface area contributed by atoms with Gasteiger partial charge in [0, 0.05) is 13.1 Å². The van der Waals surface area contributed by atoms with Crippen LogP contribution in [0.2, 0.25) is 0 Å². The highest BCUT2D eigenvalue weighted by Gasteiger charge is 2.32. The van der Waals surface area contributed by atoms with Crippen LogP contribution in [0.15, 0.2) is 12.2 Å². The van der Waals surface area contributed by atoms with Gasteiger partial charge in [-0.05, 0) is 33.2 Å². The minimum absolute atomic E-state index is 0.0198. The maximum Gasteiger partial charge on any atom is 0.320 e. The first-order chi connectivity index (χ1) is 8.45. The Balaban J connectivity index is 2.57. The van der Waals surface area contributed by atoms with E-state index in [9.17, 15) is 9.59 Å². The molecule has 1 unspecified atom stereocenters. The number of carboxylic acids is 1. The highest BCUT2D eigenvalue weighted by molar-refractivity contribution is 5.80. The van der Waals surface area contributed by atoms with Crippen LogP contribution in [0.25, 0.3) is 0 Å². The molecular weight excluding hydrogens is 232 g/mol. The summed E-state index contributed by atoms with van der Waals surface area (Å²) in [5, 5.41) is 9.06. The van der Waals surface area contributed by atoms with Gasteiger partial charge in [0.1, 0.15) is 6.04 Å². The summed E-state index contributed by atoms with van der Waals surface area (Å²) in [6.07, 6.45) is 1.48. The second-order valence-electron chi connectivity index (χ2n) is 4.83. The van der Waals surface area contributed by atoms with Crippen LogP contribution in [0, 0.1) is 0 Å². The van der Waals surface area contributed by atoms with Gasteiger partial charge in [-0.1, -0.05) is 12.2 Å². The molecule has 1 fully saturated rings. The number of amides is 1. The van der Waals surface area contributed by atoms with E-state index in [1.165, 1.54) is 0 Å². The van der Waals surface area contributed by atoms with Gasteiger partial charge in [-0.3, -0.25) is 14.5 Å². The zero-order valence-corrected chi connectivity index (χ0v) is 11.2. The predicted octanol–water partition coefficient (Wildman–Crippen LogP) is 0.960. The number of hydrogen-bond acceptors (Lipinski definition) is 3. The summed E-state index contributed by atoms with van der Waals surface area (Å²) in [7, 11) is 0. The molecule has 18 heavy (non-hydrogen) atoms. The molecule has 0 bridgehead atoms. The van der Waals surface area contributed by atoms with Crippen LogP contribution in [0.1, 0.15) is 26.7 Å². The summed E-state index contributed by atoms with van der Waals surface area (Å²) >= 11 is 0. The molecule has 1 aliphatic rings. The van der Waals surface area contributed by atoms with Crippen molar-refractivity contribution >= 4 is 11.9 Å². The lowest BCUT2D eigenvalue weighted by molar-refractivity contribution is -0.143. The number of rotatable bonds is 6. The van der Waals surface area contributed by atoms with Crippen LogP contribution in [-0.2, 0) is 9.59 Å². The number of nitrogens with zero attached hydrogens (tertiary/aromatic N) is 2. The Morgan fingerprint density at radius 3 is 2.67 bits per heavy atom. The zero-order valence-electron chi connectivity index (χ0n) is 11.2. The number of carbonyl (C=O) groups is 2. The van der Waals surface area contributed by atoms with Gasteiger partial charge in [0.2, 0.25) is 5.91 Å². The summed E-state index contributed by atoms with van der Waals surface area (Å²) in [4.78, 5) is 26.6. The van der Waals surface area contributed by atoms with Crippen LogP contribution < -0.4 is 0 Å². The molecular formula is C13H22N2O3. The third kappa shape index (κ3) is 3.84. The molecule has 102 valence electrons. The van der Waals surface area contributed by atoms with Crippen molar-refractivity contribution in [3.63, 3.8) is 0 Å². The van der Waals surface area contributed by atoms with Gasteiger partial charge in [0.15, 0.2) is 0 Å². The molecule has 1 aliphatic heterocycles. The molecule has 1 amide bonds. The molecule has 1 N–H and O–H groups in total. The lowest BCUT2D eigenvalue weighted by Gasteiger charge is -2.26. The summed E-state index contributed by atoms with van der Waals surface area (Å²) in [6, 6.07) is -0.502. The fraction of sp³-hybridized carbons (Fsp3) is 0.692. The second-order valence-corrected chi connectivity index (χ2v) is 4.83. The number of carboxylic acid groups (broad SMARTS) is 1. The molecule has 1 rings (SSSR count). The molecule has 1 atom stereocenters. The highest BCUT2D eigenvalue weighted by atomic mass is 16.4. The Hall–Kier alpha value is -1.36. The van der Waals surface area contributed by atoms with Gasteiger partial charge in [-0.2, -0.15) is 0 Å². The van der Waals surface area contributed by atoms with E-state index in [4.69, 9.17) is 5.11 Å². The Morgan fingerprint density at radius 1 is 1.50 bits per heavy atom. The normalized spacial score (nSPS) is 19.8. The average molecular weight is 254 g/mol. The molecule has 1 heterocycles. The van der Waals surface area contributed by atoms with Crippen molar-refractivity contribution in [2.75, 3.05) is 26.2 Å². The van der Waals surface area contributed by atoms with E-state index in [0.717, 1.165) is 12.0 Å². The van der Waals surface area contributed by atoms with Crippen LogP contribution in [0.5, 0.6) is 0 Å². The molecule has 5 nitrogen and oxygen atoms in total.